The number of rotatable bonds is 5. The first kappa shape index (κ1) is 18.1. The number of aliphatic hydroxyl groups is 1. The van der Waals surface area contributed by atoms with E-state index in [2.05, 4.69) is 0 Å². The molecule has 2 aromatic heterocycles. The Balaban J connectivity index is 1.81. The highest BCUT2D eigenvalue weighted by Gasteiger charge is 2.44. The SMILES string of the molecule is Cc1ccc(C(=O)C2=C(O)C(=O)N(Cc3ccco3)[C@@H]2c2cccc(Cl)c2)o1. The molecule has 1 aliphatic rings. The molecule has 0 fully saturated rings. The molecule has 0 saturated carbocycles. The average molecular weight is 398 g/mol. The minimum Gasteiger partial charge on any atom is -0.503 e. The van der Waals surface area contributed by atoms with Crippen LogP contribution in [0.3, 0.4) is 0 Å². The zero-order chi connectivity index (χ0) is 19.8. The van der Waals surface area contributed by atoms with Crippen molar-refractivity contribution < 1.29 is 23.5 Å². The third-order valence-electron chi connectivity index (χ3n) is 4.58. The van der Waals surface area contributed by atoms with Crippen LogP contribution in [0.4, 0.5) is 0 Å². The first-order valence-electron chi connectivity index (χ1n) is 8.59. The van der Waals surface area contributed by atoms with Crippen molar-refractivity contribution in [3.05, 3.63) is 94.0 Å². The number of carbonyl (C=O) groups excluding carboxylic acids is 2. The molecule has 1 amide bonds. The van der Waals surface area contributed by atoms with E-state index in [9.17, 15) is 14.7 Å². The van der Waals surface area contributed by atoms with E-state index in [4.69, 9.17) is 20.4 Å². The van der Waals surface area contributed by atoms with Crippen LogP contribution >= 0.6 is 11.6 Å². The van der Waals surface area contributed by atoms with Gasteiger partial charge in [0.05, 0.1) is 24.4 Å². The molecule has 142 valence electrons. The molecule has 0 aliphatic carbocycles. The number of furan rings is 2. The van der Waals surface area contributed by atoms with Crippen LogP contribution in [0.25, 0.3) is 0 Å². The standard InChI is InChI=1S/C21H16ClNO5/c1-12-7-8-16(28-12)19(24)17-18(13-4-2-5-14(22)10-13)23(21(26)20(17)25)11-15-6-3-9-27-15/h2-10,18,25H,11H2,1H3/t18-/m1/s1. The molecule has 0 bridgehead atoms. The van der Waals surface area contributed by atoms with E-state index in [0.29, 0.717) is 22.1 Å². The molecule has 4 rings (SSSR count). The van der Waals surface area contributed by atoms with Crippen LogP contribution in [0.2, 0.25) is 5.02 Å². The number of hydrogen-bond donors (Lipinski definition) is 1. The van der Waals surface area contributed by atoms with Crippen LogP contribution in [-0.2, 0) is 11.3 Å². The van der Waals surface area contributed by atoms with Crippen LogP contribution in [0, 0.1) is 6.92 Å². The van der Waals surface area contributed by atoms with Crippen molar-refractivity contribution in [2.75, 3.05) is 0 Å². The number of benzene rings is 1. The molecular formula is C21H16ClNO5. The summed E-state index contributed by atoms with van der Waals surface area (Å²) < 4.78 is 10.8. The third kappa shape index (κ3) is 3.12. The summed E-state index contributed by atoms with van der Waals surface area (Å²) in [6, 6.07) is 12.6. The van der Waals surface area contributed by atoms with Crippen molar-refractivity contribution >= 4 is 23.3 Å². The molecule has 6 nitrogen and oxygen atoms in total. The summed E-state index contributed by atoms with van der Waals surface area (Å²) in [4.78, 5) is 27.3. The van der Waals surface area contributed by atoms with Gasteiger partial charge in [-0.05, 0) is 48.9 Å². The maximum atomic E-state index is 13.1. The number of ketones is 1. The Morgan fingerprint density at radius 3 is 2.68 bits per heavy atom. The van der Waals surface area contributed by atoms with E-state index < -0.39 is 23.5 Å². The van der Waals surface area contributed by atoms with Gasteiger partial charge in [0, 0.05) is 5.02 Å². The van der Waals surface area contributed by atoms with Crippen molar-refractivity contribution in [2.24, 2.45) is 0 Å². The van der Waals surface area contributed by atoms with Crippen molar-refractivity contribution in [3.63, 3.8) is 0 Å². The summed E-state index contributed by atoms with van der Waals surface area (Å²) in [5, 5.41) is 11.0. The molecule has 0 radical (unpaired) electrons. The number of hydrogen-bond acceptors (Lipinski definition) is 5. The fraction of sp³-hybridized carbons (Fsp3) is 0.143. The Kier molecular flexibility index (Phi) is 4.57. The molecule has 1 aliphatic heterocycles. The van der Waals surface area contributed by atoms with Gasteiger partial charge in [0.2, 0.25) is 5.78 Å². The Morgan fingerprint density at radius 1 is 1.21 bits per heavy atom. The predicted octanol–water partition coefficient (Wildman–Crippen LogP) is 4.61. The predicted molar refractivity (Wildman–Crippen MR) is 101 cm³/mol. The Bertz CT molecular complexity index is 1080. The van der Waals surface area contributed by atoms with E-state index in [0.717, 1.165) is 0 Å². The molecule has 0 unspecified atom stereocenters. The Hall–Kier alpha value is -3.25. The highest BCUT2D eigenvalue weighted by Crippen LogP contribution is 2.40. The largest absolute Gasteiger partial charge is 0.503 e. The van der Waals surface area contributed by atoms with Gasteiger partial charge in [-0.3, -0.25) is 9.59 Å². The normalized spacial score (nSPS) is 16.9. The van der Waals surface area contributed by atoms with Crippen molar-refractivity contribution in [1.82, 2.24) is 4.90 Å². The molecule has 3 heterocycles. The molecule has 7 heteroatoms. The van der Waals surface area contributed by atoms with E-state index in [1.807, 2.05) is 0 Å². The zero-order valence-electron chi connectivity index (χ0n) is 14.9. The monoisotopic (exact) mass is 397 g/mol. The Labute approximate surface area is 165 Å². The number of halogens is 1. The summed E-state index contributed by atoms with van der Waals surface area (Å²) in [6.45, 7) is 1.80. The second kappa shape index (κ2) is 7.05. The molecule has 28 heavy (non-hydrogen) atoms. The lowest BCUT2D eigenvalue weighted by Gasteiger charge is -2.26. The molecule has 0 saturated heterocycles. The first-order chi connectivity index (χ1) is 13.5. The van der Waals surface area contributed by atoms with Gasteiger partial charge >= 0.3 is 0 Å². The number of aryl methyl sites for hydroxylation is 1. The molecule has 1 aromatic carbocycles. The quantitative estimate of drug-likeness (QED) is 0.635. The van der Waals surface area contributed by atoms with E-state index in [1.54, 1.807) is 49.4 Å². The Morgan fingerprint density at radius 2 is 2.04 bits per heavy atom. The topological polar surface area (TPSA) is 83.9 Å². The molecule has 0 spiro atoms. The maximum Gasteiger partial charge on any atom is 0.290 e. The fourth-order valence-corrected chi connectivity index (χ4v) is 3.53. The van der Waals surface area contributed by atoms with Crippen LogP contribution in [-0.4, -0.2) is 21.7 Å². The van der Waals surface area contributed by atoms with Gasteiger partial charge in [0.15, 0.2) is 11.5 Å². The van der Waals surface area contributed by atoms with Gasteiger partial charge in [-0.15, -0.1) is 0 Å². The van der Waals surface area contributed by atoms with Crippen LogP contribution in [0.15, 0.2) is 75.0 Å². The van der Waals surface area contributed by atoms with Crippen molar-refractivity contribution in [2.45, 2.75) is 19.5 Å². The lowest BCUT2D eigenvalue weighted by Crippen LogP contribution is -2.30. The van der Waals surface area contributed by atoms with Crippen molar-refractivity contribution in [3.8, 4) is 0 Å². The lowest BCUT2D eigenvalue weighted by atomic mass is 9.95. The number of aliphatic hydroxyl groups excluding tert-OH is 1. The molecule has 1 N–H and O–H groups in total. The molecular weight excluding hydrogens is 382 g/mol. The highest BCUT2D eigenvalue weighted by molar-refractivity contribution is 6.30. The van der Waals surface area contributed by atoms with Crippen molar-refractivity contribution in [1.29, 1.82) is 0 Å². The number of carbonyl (C=O) groups is 2. The van der Waals surface area contributed by atoms with Gasteiger partial charge in [-0.2, -0.15) is 0 Å². The van der Waals surface area contributed by atoms with Crippen LogP contribution in [0.1, 0.15) is 33.7 Å². The summed E-state index contributed by atoms with van der Waals surface area (Å²) >= 11 is 6.13. The van der Waals surface area contributed by atoms with Gasteiger partial charge < -0.3 is 18.8 Å². The van der Waals surface area contributed by atoms with E-state index >= 15 is 0 Å². The smallest absolute Gasteiger partial charge is 0.290 e. The molecule has 1 atom stereocenters. The average Bonchev–Trinajstić information content (AvgIpc) is 3.38. The highest BCUT2D eigenvalue weighted by atomic mass is 35.5. The summed E-state index contributed by atoms with van der Waals surface area (Å²) in [7, 11) is 0. The van der Waals surface area contributed by atoms with Crippen LogP contribution < -0.4 is 0 Å². The first-order valence-corrected chi connectivity index (χ1v) is 8.96. The number of Topliss-reactive ketones (excluding diaryl/α,β-unsaturated/α-hetero) is 1. The number of amides is 1. The maximum absolute atomic E-state index is 13.1. The summed E-state index contributed by atoms with van der Waals surface area (Å²) in [5.74, 6) is -0.677. The second-order valence-electron chi connectivity index (χ2n) is 6.47. The third-order valence-corrected chi connectivity index (χ3v) is 4.82. The molecule has 3 aromatic rings. The lowest BCUT2D eigenvalue weighted by molar-refractivity contribution is -0.130. The minimum absolute atomic E-state index is 0.0480. The van der Waals surface area contributed by atoms with Gasteiger partial charge in [-0.1, -0.05) is 23.7 Å². The van der Waals surface area contributed by atoms with Gasteiger partial charge in [0.25, 0.3) is 5.91 Å². The van der Waals surface area contributed by atoms with Gasteiger partial charge in [-0.25, -0.2) is 0 Å². The fourth-order valence-electron chi connectivity index (χ4n) is 3.33. The summed E-state index contributed by atoms with van der Waals surface area (Å²) in [6.07, 6.45) is 1.50. The summed E-state index contributed by atoms with van der Waals surface area (Å²) in [5.41, 5.74) is 0.552. The second-order valence-corrected chi connectivity index (χ2v) is 6.91. The van der Waals surface area contributed by atoms with Gasteiger partial charge in [0.1, 0.15) is 11.5 Å². The van der Waals surface area contributed by atoms with Crippen LogP contribution in [0.5, 0.6) is 0 Å². The number of nitrogens with zero attached hydrogens (tertiary/aromatic N) is 1. The van der Waals surface area contributed by atoms with E-state index in [-0.39, 0.29) is 17.9 Å². The minimum atomic E-state index is -0.825. The zero-order valence-corrected chi connectivity index (χ0v) is 15.6. The van der Waals surface area contributed by atoms with E-state index in [1.165, 1.54) is 17.2 Å².